The van der Waals surface area contributed by atoms with Gasteiger partial charge in [-0.05, 0) is 53.8 Å². The number of benzene rings is 1. The van der Waals surface area contributed by atoms with E-state index in [-0.39, 0.29) is 24.1 Å². The molecule has 2 aromatic heterocycles. The van der Waals surface area contributed by atoms with Gasteiger partial charge in [0.1, 0.15) is 5.82 Å². The molecule has 6 nitrogen and oxygen atoms in total. The summed E-state index contributed by atoms with van der Waals surface area (Å²) in [4.78, 5) is 10.8. The zero-order valence-electron chi connectivity index (χ0n) is 19.4. The average Bonchev–Trinajstić information content (AvgIpc) is 3.14. The maximum Gasteiger partial charge on any atom is 0.305 e. The molecule has 0 amide bonds. The number of halogens is 1. The first-order valence-electron chi connectivity index (χ1n) is 11.2. The number of nitrogens with zero attached hydrogens (tertiary/aromatic N) is 2. The van der Waals surface area contributed by atoms with E-state index in [4.69, 9.17) is 10.2 Å². The van der Waals surface area contributed by atoms with Gasteiger partial charge in [0.2, 0.25) is 0 Å². The normalized spacial score (nSPS) is 14.0. The lowest BCUT2D eigenvalue weighted by Gasteiger charge is -2.19. The van der Waals surface area contributed by atoms with Crippen molar-refractivity contribution in [3.63, 3.8) is 0 Å². The van der Waals surface area contributed by atoms with E-state index in [1.807, 2.05) is 10.6 Å². The quantitative estimate of drug-likeness (QED) is 0.424. The molecule has 0 aliphatic rings. The third-order valence-electron chi connectivity index (χ3n) is 5.60. The summed E-state index contributed by atoms with van der Waals surface area (Å²) in [5.41, 5.74) is 5.24. The van der Waals surface area contributed by atoms with Gasteiger partial charge < -0.3 is 15.3 Å². The Labute approximate surface area is 193 Å². The van der Waals surface area contributed by atoms with Crippen LogP contribution in [0.3, 0.4) is 0 Å². The van der Waals surface area contributed by atoms with Crippen LogP contribution in [0.15, 0.2) is 42.5 Å². The van der Waals surface area contributed by atoms with Crippen LogP contribution in [0.25, 0.3) is 22.9 Å². The molecule has 0 saturated carbocycles. The number of aliphatic hydroxyl groups is 2. The van der Waals surface area contributed by atoms with Crippen LogP contribution >= 0.6 is 0 Å². The Bertz CT molecular complexity index is 1150. The van der Waals surface area contributed by atoms with E-state index in [0.29, 0.717) is 5.69 Å². The predicted octanol–water partition coefficient (Wildman–Crippen LogP) is 4.99. The Morgan fingerprint density at radius 3 is 2.30 bits per heavy atom. The van der Waals surface area contributed by atoms with Crippen molar-refractivity contribution < 1.29 is 24.5 Å². The molecule has 7 heteroatoms. The molecule has 3 rings (SSSR count). The highest BCUT2D eigenvalue weighted by Crippen LogP contribution is 2.35. The molecule has 0 aliphatic carbocycles. The van der Waals surface area contributed by atoms with Crippen molar-refractivity contribution in [2.75, 3.05) is 0 Å². The molecule has 0 saturated heterocycles. The van der Waals surface area contributed by atoms with Crippen LogP contribution in [0.5, 0.6) is 0 Å². The summed E-state index contributed by atoms with van der Waals surface area (Å²) < 4.78 is 15.5. The smallest absolute Gasteiger partial charge is 0.305 e. The van der Waals surface area contributed by atoms with Crippen LogP contribution in [0, 0.1) is 5.82 Å². The summed E-state index contributed by atoms with van der Waals surface area (Å²) in [5, 5.41) is 34.0. The van der Waals surface area contributed by atoms with Crippen LogP contribution in [-0.2, 0) is 4.79 Å². The van der Waals surface area contributed by atoms with Crippen molar-refractivity contribution in [3.8, 4) is 11.3 Å². The summed E-state index contributed by atoms with van der Waals surface area (Å²) in [6.45, 7) is 8.36. The van der Waals surface area contributed by atoms with Crippen molar-refractivity contribution >= 4 is 17.6 Å². The molecule has 1 aromatic carbocycles. The van der Waals surface area contributed by atoms with Gasteiger partial charge in [-0.3, -0.25) is 4.79 Å². The summed E-state index contributed by atoms with van der Waals surface area (Å²) in [6.07, 6.45) is 0.603. The molecule has 0 radical (unpaired) electrons. The lowest BCUT2D eigenvalue weighted by molar-refractivity contribution is -0.139. The number of hydrogen-bond acceptors (Lipinski definition) is 4. The van der Waals surface area contributed by atoms with Crippen LogP contribution in [-0.4, -0.2) is 43.1 Å². The molecule has 2 unspecified atom stereocenters. The van der Waals surface area contributed by atoms with E-state index in [0.717, 1.165) is 27.9 Å². The molecule has 2 atom stereocenters. The first-order chi connectivity index (χ1) is 15.6. The minimum Gasteiger partial charge on any atom is -0.481 e. The van der Waals surface area contributed by atoms with Gasteiger partial charge in [0.15, 0.2) is 0 Å². The predicted molar refractivity (Wildman–Crippen MR) is 127 cm³/mol. The molecule has 0 spiro atoms. The highest BCUT2D eigenvalue weighted by Gasteiger charge is 2.21. The van der Waals surface area contributed by atoms with Gasteiger partial charge >= 0.3 is 5.97 Å². The van der Waals surface area contributed by atoms with Gasteiger partial charge in [-0.25, -0.2) is 8.91 Å². The van der Waals surface area contributed by atoms with E-state index in [2.05, 4.69) is 33.8 Å². The highest BCUT2D eigenvalue weighted by molar-refractivity contribution is 5.79. The van der Waals surface area contributed by atoms with Crippen molar-refractivity contribution in [2.24, 2.45) is 0 Å². The molecular formula is C26H31FN2O4. The third kappa shape index (κ3) is 5.67. The lowest BCUT2D eigenvalue weighted by atomic mass is 9.93. The van der Waals surface area contributed by atoms with E-state index in [9.17, 15) is 19.4 Å². The fraction of sp³-hybridized carbons (Fsp3) is 0.385. The second-order valence-electron chi connectivity index (χ2n) is 8.96. The van der Waals surface area contributed by atoms with Crippen LogP contribution < -0.4 is 0 Å². The molecule has 0 bridgehead atoms. The summed E-state index contributed by atoms with van der Waals surface area (Å²) in [7, 11) is 0. The first kappa shape index (κ1) is 24.6. The molecular weight excluding hydrogens is 423 g/mol. The first-order valence-corrected chi connectivity index (χ1v) is 11.2. The number of rotatable bonds is 9. The topological polar surface area (TPSA) is 95.1 Å². The molecule has 0 fully saturated rings. The van der Waals surface area contributed by atoms with Gasteiger partial charge in [0, 0.05) is 23.2 Å². The lowest BCUT2D eigenvalue weighted by Crippen LogP contribution is -2.19. The number of fused-ring (bicyclic) bond motifs is 1. The second kappa shape index (κ2) is 10.3. The van der Waals surface area contributed by atoms with Crippen molar-refractivity contribution in [1.29, 1.82) is 0 Å². The Balaban J connectivity index is 2.16. The van der Waals surface area contributed by atoms with Gasteiger partial charge in [-0.1, -0.05) is 39.8 Å². The Morgan fingerprint density at radius 2 is 1.73 bits per heavy atom. The maximum atomic E-state index is 13.6. The summed E-state index contributed by atoms with van der Waals surface area (Å²) in [5.74, 6) is -1.09. The van der Waals surface area contributed by atoms with Gasteiger partial charge in [-0.2, -0.15) is 5.10 Å². The zero-order valence-corrected chi connectivity index (χ0v) is 19.4. The minimum absolute atomic E-state index is 0.0933. The maximum absolute atomic E-state index is 13.6. The van der Waals surface area contributed by atoms with E-state index < -0.39 is 24.6 Å². The number of carboxylic acid groups (broad SMARTS) is 1. The minimum atomic E-state index is -1.15. The fourth-order valence-electron chi connectivity index (χ4n) is 4.06. The molecule has 3 N–H and O–H groups in total. The van der Waals surface area contributed by atoms with Crippen molar-refractivity contribution in [3.05, 3.63) is 65.1 Å². The van der Waals surface area contributed by atoms with E-state index in [1.54, 1.807) is 24.3 Å². The van der Waals surface area contributed by atoms with E-state index in [1.165, 1.54) is 12.1 Å². The number of carboxylic acids is 1. The second-order valence-corrected chi connectivity index (χ2v) is 8.96. The Hall–Kier alpha value is -3.03. The Morgan fingerprint density at radius 1 is 1.06 bits per heavy atom. The van der Waals surface area contributed by atoms with Crippen LogP contribution in [0.2, 0.25) is 0 Å². The van der Waals surface area contributed by atoms with Crippen LogP contribution in [0.1, 0.15) is 69.2 Å². The zero-order chi connectivity index (χ0) is 24.3. The van der Waals surface area contributed by atoms with Gasteiger partial charge in [0.05, 0.1) is 29.8 Å². The standard InChI is InChI=1S/C26H31FN2O4/c1-15(2)22-11-12-23-25(16(3)4)21(10-9-19(30)13-20(31)14-24(32)33)26(28-29(22)23)17-5-7-18(27)8-6-17/h5-12,15-16,19-20,30-31H,13-14H2,1-4H3,(H,32,33)/b10-9+. The largest absolute Gasteiger partial charge is 0.481 e. The summed E-state index contributed by atoms with van der Waals surface area (Å²) in [6, 6.07) is 10.2. The fourth-order valence-corrected chi connectivity index (χ4v) is 4.06. The molecule has 2 heterocycles. The van der Waals surface area contributed by atoms with Crippen LogP contribution in [0.4, 0.5) is 4.39 Å². The molecule has 33 heavy (non-hydrogen) atoms. The number of aliphatic carboxylic acids is 1. The monoisotopic (exact) mass is 454 g/mol. The average molecular weight is 455 g/mol. The molecule has 3 aromatic rings. The molecule has 0 aliphatic heterocycles. The number of aliphatic hydroxyl groups excluding tert-OH is 2. The summed E-state index contributed by atoms with van der Waals surface area (Å²) >= 11 is 0. The Kier molecular flexibility index (Phi) is 7.66. The van der Waals surface area contributed by atoms with Crippen molar-refractivity contribution in [2.45, 2.75) is 64.6 Å². The number of aromatic nitrogens is 2. The SMILES string of the molecule is CC(C)c1c(/C=C/C(O)CC(O)CC(=O)O)c(-c2ccc(F)cc2)nn2c(C(C)C)ccc12. The number of carbonyl (C=O) groups is 1. The van der Waals surface area contributed by atoms with Gasteiger partial charge in [-0.15, -0.1) is 0 Å². The molecule has 176 valence electrons. The number of hydrogen-bond donors (Lipinski definition) is 3. The van der Waals surface area contributed by atoms with Crippen molar-refractivity contribution in [1.82, 2.24) is 9.61 Å². The third-order valence-corrected chi connectivity index (χ3v) is 5.60. The highest BCUT2D eigenvalue weighted by atomic mass is 19.1. The van der Waals surface area contributed by atoms with E-state index >= 15 is 0 Å². The van der Waals surface area contributed by atoms with Gasteiger partial charge in [0.25, 0.3) is 0 Å².